The number of anilines is 1. The standard InChI is InChI=1S/C14H16N2O2/c1-10-5-11(2)7-12(6-10)16-8-13(3-4-15)18-9-14(16)17/h5-7,13H,3,8-9H2,1-2H3. The summed E-state index contributed by atoms with van der Waals surface area (Å²) >= 11 is 0. The van der Waals surface area contributed by atoms with Crippen LogP contribution in [0.2, 0.25) is 0 Å². The minimum Gasteiger partial charge on any atom is -0.365 e. The van der Waals surface area contributed by atoms with Gasteiger partial charge in [0, 0.05) is 5.69 Å². The fourth-order valence-corrected chi connectivity index (χ4v) is 2.21. The molecule has 1 aliphatic rings. The SMILES string of the molecule is Cc1cc(C)cc(N2CC(CC#N)OCC2=O)c1. The number of rotatable bonds is 2. The van der Waals surface area contributed by atoms with E-state index >= 15 is 0 Å². The van der Waals surface area contributed by atoms with Crippen LogP contribution in [0.25, 0.3) is 0 Å². The third kappa shape index (κ3) is 2.69. The molecule has 1 aliphatic heterocycles. The highest BCUT2D eigenvalue weighted by Crippen LogP contribution is 2.22. The smallest absolute Gasteiger partial charge is 0.253 e. The van der Waals surface area contributed by atoms with Gasteiger partial charge in [-0.1, -0.05) is 6.07 Å². The Kier molecular flexibility index (Phi) is 3.63. The summed E-state index contributed by atoms with van der Waals surface area (Å²) in [5.41, 5.74) is 3.14. The third-order valence-corrected chi connectivity index (χ3v) is 2.97. The summed E-state index contributed by atoms with van der Waals surface area (Å²) in [5, 5.41) is 8.70. The Hall–Kier alpha value is -1.86. The highest BCUT2D eigenvalue weighted by atomic mass is 16.5. The lowest BCUT2D eigenvalue weighted by molar-refractivity contribution is -0.129. The minimum atomic E-state index is -0.187. The molecule has 0 bridgehead atoms. The summed E-state index contributed by atoms with van der Waals surface area (Å²) in [4.78, 5) is 13.6. The molecule has 0 radical (unpaired) electrons. The molecule has 0 aromatic heterocycles. The topological polar surface area (TPSA) is 53.3 Å². The molecular formula is C14H16N2O2. The van der Waals surface area contributed by atoms with E-state index in [-0.39, 0.29) is 18.6 Å². The summed E-state index contributed by atoms with van der Waals surface area (Å²) in [6, 6.07) is 8.13. The minimum absolute atomic E-state index is 0.0470. The first-order valence-electron chi connectivity index (χ1n) is 5.97. The number of amides is 1. The molecule has 0 spiro atoms. The first-order valence-corrected chi connectivity index (χ1v) is 5.97. The molecule has 94 valence electrons. The number of hydrogen-bond acceptors (Lipinski definition) is 3. The predicted molar refractivity (Wildman–Crippen MR) is 68.2 cm³/mol. The summed E-state index contributed by atoms with van der Waals surface area (Å²) in [6.45, 7) is 4.52. The molecule has 1 unspecified atom stereocenters. The van der Waals surface area contributed by atoms with Crippen LogP contribution in [0.3, 0.4) is 0 Å². The van der Waals surface area contributed by atoms with Crippen LogP contribution in [0, 0.1) is 25.2 Å². The van der Waals surface area contributed by atoms with Crippen molar-refractivity contribution < 1.29 is 9.53 Å². The van der Waals surface area contributed by atoms with Crippen LogP contribution >= 0.6 is 0 Å². The summed E-state index contributed by atoms with van der Waals surface area (Å²) in [7, 11) is 0. The van der Waals surface area contributed by atoms with Gasteiger partial charge in [0.2, 0.25) is 0 Å². The van der Waals surface area contributed by atoms with Crippen LogP contribution in [0.1, 0.15) is 17.5 Å². The molecule has 2 rings (SSSR count). The Morgan fingerprint density at radius 2 is 2.06 bits per heavy atom. The van der Waals surface area contributed by atoms with Gasteiger partial charge in [-0.25, -0.2) is 0 Å². The summed E-state index contributed by atoms with van der Waals surface area (Å²) in [5.74, 6) is -0.0470. The maximum absolute atomic E-state index is 11.9. The predicted octanol–water partition coefficient (Wildman–Crippen LogP) is 1.95. The van der Waals surface area contributed by atoms with Crippen molar-refractivity contribution in [3.05, 3.63) is 29.3 Å². The third-order valence-electron chi connectivity index (χ3n) is 2.97. The van der Waals surface area contributed by atoms with E-state index in [1.54, 1.807) is 4.90 Å². The summed E-state index contributed by atoms with van der Waals surface area (Å²) in [6.07, 6.45) is 0.128. The number of nitriles is 1. The van der Waals surface area contributed by atoms with E-state index in [0.717, 1.165) is 16.8 Å². The molecule has 1 aromatic carbocycles. The maximum Gasteiger partial charge on any atom is 0.253 e. The van der Waals surface area contributed by atoms with Crippen molar-refractivity contribution in [2.45, 2.75) is 26.4 Å². The van der Waals surface area contributed by atoms with Gasteiger partial charge in [-0.3, -0.25) is 4.79 Å². The second kappa shape index (κ2) is 5.19. The molecule has 1 fully saturated rings. The number of hydrogen-bond donors (Lipinski definition) is 0. The molecule has 1 amide bonds. The summed E-state index contributed by atoms with van der Waals surface area (Å²) < 4.78 is 5.33. The largest absolute Gasteiger partial charge is 0.365 e. The monoisotopic (exact) mass is 244 g/mol. The molecule has 1 atom stereocenters. The van der Waals surface area contributed by atoms with Crippen molar-refractivity contribution in [3.63, 3.8) is 0 Å². The van der Waals surface area contributed by atoms with E-state index in [4.69, 9.17) is 10.00 Å². The number of carbonyl (C=O) groups excluding carboxylic acids is 1. The zero-order valence-corrected chi connectivity index (χ0v) is 10.6. The molecule has 0 aliphatic carbocycles. The molecule has 0 N–H and O–H groups in total. The number of aryl methyl sites for hydroxylation is 2. The molecule has 18 heavy (non-hydrogen) atoms. The number of benzene rings is 1. The molecule has 1 saturated heterocycles. The normalized spacial score (nSPS) is 19.7. The lowest BCUT2D eigenvalue weighted by Gasteiger charge is -2.32. The van der Waals surface area contributed by atoms with Crippen molar-refractivity contribution in [2.24, 2.45) is 0 Å². The second-order valence-corrected chi connectivity index (χ2v) is 4.65. The number of morpholine rings is 1. The van der Waals surface area contributed by atoms with Crippen LogP contribution < -0.4 is 4.90 Å². The Labute approximate surface area is 107 Å². The van der Waals surface area contributed by atoms with Gasteiger partial charge in [0.25, 0.3) is 5.91 Å². The molecule has 4 heteroatoms. The highest BCUT2D eigenvalue weighted by molar-refractivity contribution is 5.95. The molecule has 1 heterocycles. The zero-order valence-electron chi connectivity index (χ0n) is 10.6. The molecule has 1 aromatic rings. The molecule has 0 saturated carbocycles. The molecular weight excluding hydrogens is 228 g/mol. The lowest BCUT2D eigenvalue weighted by atomic mass is 10.1. The molecule has 4 nitrogen and oxygen atoms in total. The Bertz CT molecular complexity index is 485. The zero-order chi connectivity index (χ0) is 13.1. The van der Waals surface area contributed by atoms with Crippen molar-refractivity contribution in [1.82, 2.24) is 0 Å². The number of ether oxygens (including phenoxy) is 1. The average molecular weight is 244 g/mol. The van der Waals surface area contributed by atoms with Gasteiger partial charge in [0.05, 0.1) is 25.1 Å². The van der Waals surface area contributed by atoms with Gasteiger partial charge in [-0.2, -0.15) is 5.26 Å². The second-order valence-electron chi connectivity index (χ2n) is 4.65. The van der Waals surface area contributed by atoms with E-state index < -0.39 is 0 Å². The van der Waals surface area contributed by atoms with Gasteiger partial charge in [-0.05, 0) is 37.1 Å². The van der Waals surface area contributed by atoms with Crippen LogP contribution in [0.5, 0.6) is 0 Å². The average Bonchev–Trinajstić information content (AvgIpc) is 2.30. The van der Waals surface area contributed by atoms with E-state index in [1.807, 2.05) is 26.0 Å². The van der Waals surface area contributed by atoms with Crippen molar-refractivity contribution in [1.29, 1.82) is 5.26 Å². The van der Waals surface area contributed by atoms with E-state index in [2.05, 4.69) is 12.1 Å². The van der Waals surface area contributed by atoms with E-state index in [1.165, 1.54) is 0 Å². The van der Waals surface area contributed by atoms with Gasteiger partial charge < -0.3 is 9.64 Å². The van der Waals surface area contributed by atoms with Crippen molar-refractivity contribution in [2.75, 3.05) is 18.1 Å². The number of carbonyl (C=O) groups is 1. The fraction of sp³-hybridized carbons (Fsp3) is 0.429. The Morgan fingerprint density at radius 1 is 1.39 bits per heavy atom. The maximum atomic E-state index is 11.9. The van der Waals surface area contributed by atoms with Crippen LogP contribution in [-0.4, -0.2) is 25.2 Å². The van der Waals surface area contributed by atoms with E-state index in [0.29, 0.717) is 13.0 Å². The van der Waals surface area contributed by atoms with Crippen LogP contribution in [0.4, 0.5) is 5.69 Å². The quantitative estimate of drug-likeness (QED) is 0.799. The van der Waals surface area contributed by atoms with Crippen molar-refractivity contribution in [3.8, 4) is 6.07 Å². The number of nitrogens with zero attached hydrogens (tertiary/aromatic N) is 2. The highest BCUT2D eigenvalue weighted by Gasteiger charge is 2.27. The first-order chi connectivity index (χ1) is 8.60. The van der Waals surface area contributed by atoms with Gasteiger partial charge in [-0.15, -0.1) is 0 Å². The Balaban J connectivity index is 2.24. The van der Waals surface area contributed by atoms with Crippen LogP contribution in [0.15, 0.2) is 18.2 Å². The van der Waals surface area contributed by atoms with Gasteiger partial charge >= 0.3 is 0 Å². The lowest BCUT2D eigenvalue weighted by Crippen LogP contribution is -2.46. The fourth-order valence-electron chi connectivity index (χ4n) is 2.21. The Morgan fingerprint density at radius 3 is 2.67 bits per heavy atom. The van der Waals surface area contributed by atoms with Crippen molar-refractivity contribution >= 4 is 11.6 Å². The first kappa shape index (κ1) is 12.6. The van der Waals surface area contributed by atoms with E-state index in [9.17, 15) is 4.79 Å². The van der Waals surface area contributed by atoms with Crippen LogP contribution in [-0.2, 0) is 9.53 Å². The van der Waals surface area contributed by atoms with Gasteiger partial charge in [0.15, 0.2) is 0 Å². The van der Waals surface area contributed by atoms with Gasteiger partial charge in [0.1, 0.15) is 6.61 Å².